The van der Waals surface area contributed by atoms with Gasteiger partial charge in [-0.2, -0.15) is 0 Å². The molecule has 0 radical (unpaired) electrons. The molecule has 9 nitrogen and oxygen atoms in total. The standard InChI is InChI=1S/C26H30ClN5O4S/c1-18-22(25(33)34)24(20-9-5-10-21(23(20)27)32(35)36)31(26(37)28-18)12-6-11-29-13-15-30(16-14-29)17-19-7-3-2-4-8-19/h2-5,7-10,22,24H,6,11-17H2,1H3,(H,33,34). The number of carboxylic acid groups (broad SMARTS) is 1. The Balaban J connectivity index is 1.43. The lowest BCUT2D eigenvalue weighted by molar-refractivity contribution is -0.384. The number of benzene rings is 2. The Morgan fingerprint density at radius 2 is 1.78 bits per heavy atom. The summed E-state index contributed by atoms with van der Waals surface area (Å²) in [5.41, 5.74) is 1.78. The third-order valence-corrected chi connectivity index (χ3v) is 7.73. The number of aliphatic imine (C=N–C) groups is 1. The maximum atomic E-state index is 12.3. The van der Waals surface area contributed by atoms with Crippen molar-refractivity contribution in [2.45, 2.75) is 25.9 Å². The zero-order valence-electron chi connectivity index (χ0n) is 20.6. The summed E-state index contributed by atoms with van der Waals surface area (Å²) in [4.78, 5) is 34.1. The third kappa shape index (κ3) is 6.32. The fraction of sp³-hybridized carbons (Fsp3) is 0.423. The van der Waals surface area contributed by atoms with Gasteiger partial charge in [0.05, 0.1) is 11.0 Å². The lowest BCUT2D eigenvalue weighted by atomic mass is 9.86. The van der Waals surface area contributed by atoms with Crippen LogP contribution in [0.1, 0.15) is 30.5 Å². The van der Waals surface area contributed by atoms with Crippen LogP contribution in [0.25, 0.3) is 0 Å². The monoisotopic (exact) mass is 543 g/mol. The van der Waals surface area contributed by atoms with E-state index >= 15 is 0 Å². The normalized spacial score (nSPS) is 21.1. The van der Waals surface area contributed by atoms with Crippen molar-refractivity contribution in [3.05, 3.63) is 74.8 Å². The first-order valence-electron chi connectivity index (χ1n) is 12.3. The molecule has 2 aromatic rings. The van der Waals surface area contributed by atoms with Gasteiger partial charge in [0.2, 0.25) is 0 Å². The Morgan fingerprint density at radius 3 is 2.43 bits per heavy atom. The van der Waals surface area contributed by atoms with E-state index in [9.17, 15) is 20.0 Å². The second kappa shape index (κ2) is 12.1. The van der Waals surface area contributed by atoms with Crippen LogP contribution in [0.15, 0.2) is 53.5 Å². The average Bonchev–Trinajstić information content (AvgIpc) is 2.86. The van der Waals surface area contributed by atoms with Crippen LogP contribution in [0.2, 0.25) is 5.02 Å². The minimum absolute atomic E-state index is 0.0687. The molecular weight excluding hydrogens is 514 g/mol. The minimum Gasteiger partial charge on any atom is -0.481 e. The van der Waals surface area contributed by atoms with Gasteiger partial charge in [-0.1, -0.05) is 54.1 Å². The Kier molecular flexibility index (Phi) is 8.86. The molecule has 2 aromatic carbocycles. The number of nitrogens with zero attached hydrogens (tertiary/aromatic N) is 5. The van der Waals surface area contributed by atoms with Crippen LogP contribution in [0.3, 0.4) is 0 Å². The smallest absolute Gasteiger partial charge is 0.314 e. The Labute approximate surface area is 226 Å². The summed E-state index contributed by atoms with van der Waals surface area (Å²) in [5, 5.41) is 21.7. The molecule has 37 heavy (non-hydrogen) atoms. The second-order valence-corrected chi connectivity index (χ2v) is 10.1. The fourth-order valence-electron chi connectivity index (χ4n) is 5.09. The lowest BCUT2D eigenvalue weighted by Gasteiger charge is -2.40. The molecule has 2 heterocycles. The van der Waals surface area contributed by atoms with Gasteiger partial charge in [0, 0.05) is 56.6 Å². The van der Waals surface area contributed by atoms with E-state index < -0.39 is 22.9 Å². The van der Waals surface area contributed by atoms with Crippen molar-refractivity contribution in [1.29, 1.82) is 0 Å². The summed E-state index contributed by atoms with van der Waals surface area (Å²) in [6, 6.07) is 14.1. The molecule has 1 N–H and O–H groups in total. The van der Waals surface area contributed by atoms with Crippen molar-refractivity contribution in [2.24, 2.45) is 10.9 Å². The molecule has 0 aromatic heterocycles. The summed E-state index contributed by atoms with van der Waals surface area (Å²) >= 11 is 12.0. The summed E-state index contributed by atoms with van der Waals surface area (Å²) in [7, 11) is 0. The molecule has 0 spiro atoms. The number of thiocarbonyl (C=S) groups is 1. The van der Waals surface area contributed by atoms with Crippen molar-refractivity contribution < 1.29 is 14.8 Å². The summed E-state index contributed by atoms with van der Waals surface area (Å²) in [6.45, 7) is 7.72. The van der Waals surface area contributed by atoms with Crippen LogP contribution in [-0.2, 0) is 11.3 Å². The summed E-state index contributed by atoms with van der Waals surface area (Å²) in [6.07, 6.45) is 0.739. The number of hydrogen-bond acceptors (Lipinski definition) is 6. The Hall–Kier alpha value is -2.92. The molecule has 0 aliphatic carbocycles. The minimum atomic E-state index is -1.07. The van der Waals surface area contributed by atoms with Gasteiger partial charge in [-0.05, 0) is 37.7 Å². The van der Waals surface area contributed by atoms with E-state index in [4.69, 9.17) is 23.8 Å². The summed E-state index contributed by atoms with van der Waals surface area (Å²) < 4.78 is 0. The molecule has 11 heteroatoms. The SMILES string of the molecule is CC1=NC(=S)N(CCCN2CCN(Cc3ccccc3)CC2)C(c2cccc([N+](=O)[O-])c2Cl)C1C(=O)O. The number of carbonyl (C=O) groups is 1. The third-order valence-electron chi connectivity index (χ3n) is 7.00. The highest BCUT2D eigenvalue weighted by Crippen LogP contribution is 2.41. The summed E-state index contributed by atoms with van der Waals surface area (Å²) in [5.74, 6) is -2.09. The predicted octanol–water partition coefficient (Wildman–Crippen LogP) is 4.26. The topological polar surface area (TPSA) is 103 Å². The maximum absolute atomic E-state index is 12.3. The zero-order valence-corrected chi connectivity index (χ0v) is 22.2. The molecule has 4 rings (SSSR count). The van der Waals surface area contributed by atoms with E-state index in [2.05, 4.69) is 39.1 Å². The van der Waals surface area contributed by atoms with Crippen LogP contribution < -0.4 is 0 Å². The van der Waals surface area contributed by atoms with Crippen LogP contribution in [0.4, 0.5) is 5.69 Å². The lowest BCUT2D eigenvalue weighted by Crippen LogP contribution is -2.48. The number of carboxylic acids is 1. The molecule has 0 bridgehead atoms. The first kappa shape index (κ1) is 27.1. The highest BCUT2D eigenvalue weighted by Gasteiger charge is 2.42. The highest BCUT2D eigenvalue weighted by atomic mass is 35.5. The van der Waals surface area contributed by atoms with Crippen molar-refractivity contribution in [2.75, 3.05) is 39.3 Å². The Bertz CT molecular complexity index is 1190. The van der Waals surface area contributed by atoms with Crippen molar-refractivity contribution in [3.8, 4) is 0 Å². The zero-order chi connectivity index (χ0) is 26.5. The van der Waals surface area contributed by atoms with Gasteiger partial charge in [0.15, 0.2) is 5.11 Å². The van der Waals surface area contributed by atoms with Crippen LogP contribution in [-0.4, -0.2) is 80.8 Å². The number of piperazine rings is 1. The molecule has 2 atom stereocenters. The number of nitro benzene ring substituents is 1. The molecule has 1 saturated heterocycles. The van der Waals surface area contributed by atoms with Gasteiger partial charge >= 0.3 is 5.97 Å². The van der Waals surface area contributed by atoms with Crippen molar-refractivity contribution in [1.82, 2.24) is 14.7 Å². The number of halogens is 1. The number of hydrogen-bond donors (Lipinski definition) is 1. The second-order valence-electron chi connectivity index (χ2n) is 9.38. The number of rotatable bonds is 9. The van der Waals surface area contributed by atoms with Gasteiger partial charge in [-0.25, -0.2) is 4.99 Å². The van der Waals surface area contributed by atoms with Gasteiger partial charge in [-0.3, -0.25) is 19.8 Å². The molecule has 1 fully saturated rings. The largest absolute Gasteiger partial charge is 0.481 e. The van der Waals surface area contributed by atoms with Crippen LogP contribution in [0, 0.1) is 16.0 Å². The highest BCUT2D eigenvalue weighted by molar-refractivity contribution is 7.80. The number of aliphatic carboxylic acids is 1. The first-order chi connectivity index (χ1) is 17.8. The molecule has 2 aliphatic rings. The van der Waals surface area contributed by atoms with E-state index in [1.54, 1.807) is 17.9 Å². The van der Waals surface area contributed by atoms with E-state index in [1.807, 2.05) is 6.07 Å². The van der Waals surface area contributed by atoms with Gasteiger partial charge in [0.25, 0.3) is 5.69 Å². The molecule has 2 unspecified atom stereocenters. The van der Waals surface area contributed by atoms with E-state index in [-0.39, 0.29) is 15.8 Å². The average molecular weight is 544 g/mol. The Morgan fingerprint density at radius 1 is 1.11 bits per heavy atom. The van der Waals surface area contributed by atoms with Crippen molar-refractivity contribution >= 4 is 46.3 Å². The van der Waals surface area contributed by atoms with Gasteiger partial charge in [-0.15, -0.1) is 0 Å². The molecule has 196 valence electrons. The maximum Gasteiger partial charge on any atom is 0.314 e. The van der Waals surface area contributed by atoms with Crippen LogP contribution >= 0.6 is 23.8 Å². The quantitative estimate of drug-likeness (QED) is 0.284. The van der Waals surface area contributed by atoms with Crippen LogP contribution in [0.5, 0.6) is 0 Å². The fourth-order valence-corrected chi connectivity index (χ4v) is 5.75. The van der Waals surface area contributed by atoms with Gasteiger partial charge in [0.1, 0.15) is 10.9 Å². The molecular formula is C26H30ClN5O4S. The number of nitro groups is 1. The van der Waals surface area contributed by atoms with E-state index in [1.165, 1.54) is 17.7 Å². The molecule has 2 aliphatic heterocycles. The van der Waals surface area contributed by atoms with Gasteiger partial charge < -0.3 is 14.9 Å². The van der Waals surface area contributed by atoms with E-state index in [0.29, 0.717) is 17.8 Å². The van der Waals surface area contributed by atoms with Crippen molar-refractivity contribution in [3.63, 3.8) is 0 Å². The predicted molar refractivity (Wildman–Crippen MR) is 147 cm³/mol. The first-order valence-corrected chi connectivity index (χ1v) is 13.0. The molecule has 0 amide bonds. The molecule has 0 saturated carbocycles. The van der Waals surface area contributed by atoms with E-state index in [0.717, 1.165) is 45.7 Å².